The molecule has 0 bridgehead atoms. The van der Waals surface area contributed by atoms with Crippen LogP contribution in [0.3, 0.4) is 0 Å². The van der Waals surface area contributed by atoms with E-state index in [4.69, 9.17) is 5.11 Å². The molecule has 0 aromatic rings. The van der Waals surface area contributed by atoms with Crippen LogP contribution in [0.2, 0.25) is 0 Å². The molecule has 0 aromatic heterocycles. The van der Waals surface area contributed by atoms with Crippen LogP contribution >= 0.6 is 0 Å². The van der Waals surface area contributed by atoms with Crippen molar-refractivity contribution in [3.05, 3.63) is 12.2 Å². The van der Waals surface area contributed by atoms with Gasteiger partial charge in [0.05, 0.1) is 0 Å². The van der Waals surface area contributed by atoms with Gasteiger partial charge in [0.25, 0.3) is 0 Å². The highest BCUT2D eigenvalue weighted by atomic mass is 16.3. The summed E-state index contributed by atoms with van der Waals surface area (Å²) in [7, 11) is 0. The molecule has 2 N–H and O–H groups in total. The summed E-state index contributed by atoms with van der Waals surface area (Å²) in [6.07, 6.45) is 2.45. The lowest BCUT2D eigenvalue weighted by molar-refractivity contribution is 0.143. The molecule has 2 nitrogen and oxygen atoms in total. The first-order valence-electron chi connectivity index (χ1n) is 4.01. The second-order valence-corrected chi connectivity index (χ2v) is 3.13. The van der Waals surface area contributed by atoms with Gasteiger partial charge in [-0.2, -0.15) is 0 Å². The smallest absolute Gasteiger partial charge is 0.120 e. The summed E-state index contributed by atoms with van der Waals surface area (Å²) >= 11 is 0. The van der Waals surface area contributed by atoms with Crippen molar-refractivity contribution in [1.82, 2.24) is 0 Å². The Morgan fingerprint density at radius 1 is 1.23 bits per heavy atom. The zero-order valence-corrected chi connectivity index (χ0v) is 8.13. The first-order valence-corrected chi connectivity index (χ1v) is 4.01. The van der Waals surface area contributed by atoms with Gasteiger partial charge in [-0.25, -0.2) is 0 Å². The SMILES string of the molecule is C[C@@H](O)C#C/C=C/C#CC(C)(C)O. The second-order valence-electron chi connectivity index (χ2n) is 3.13. The standard InChI is InChI=1S/C11H14O2/c1-10(12)8-6-4-5-7-9-11(2,3)13/h4-5,10,12-13H,1-3H3/b5-4+/t10-/m1/s1. The zero-order valence-electron chi connectivity index (χ0n) is 8.13. The Bertz CT molecular complexity index is 284. The van der Waals surface area contributed by atoms with E-state index in [1.165, 1.54) is 12.2 Å². The van der Waals surface area contributed by atoms with Crippen molar-refractivity contribution in [2.45, 2.75) is 32.5 Å². The number of aliphatic hydroxyl groups excluding tert-OH is 1. The molecule has 13 heavy (non-hydrogen) atoms. The van der Waals surface area contributed by atoms with Crippen LogP contribution in [0.1, 0.15) is 20.8 Å². The van der Waals surface area contributed by atoms with Gasteiger partial charge in [0, 0.05) is 0 Å². The van der Waals surface area contributed by atoms with E-state index in [0.717, 1.165) is 0 Å². The molecular weight excluding hydrogens is 164 g/mol. The van der Waals surface area contributed by atoms with E-state index in [0.29, 0.717) is 0 Å². The number of aliphatic hydroxyl groups is 2. The molecule has 0 unspecified atom stereocenters. The summed E-state index contributed by atoms with van der Waals surface area (Å²) < 4.78 is 0. The van der Waals surface area contributed by atoms with Crippen LogP contribution in [0.15, 0.2) is 12.2 Å². The van der Waals surface area contributed by atoms with E-state index in [-0.39, 0.29) is 0 Å². The van der Waals surface area contributed by atoms with Gasteiger partial charge in [0.2, 0.25) is 0 Å². The van der Waals surface area contributed by atoms with E-state index >= 15 is 0 Å². The Hall–Kier alpha value is -1.22. The van der Waals surface area contributed by atoms with Gasteiger partial charge in [0.15, 0.2) is 0 Å². The minimum atomic E-state index is -0.970. The molecule has 0 amide bonds. The van der Waals surface area contributed by atoms with E-state index < -0.39 is 11.7 Å². The fourth-order valence-electron chi connectivity index (χ4n) is 0.470. The van der Waals surface area contributed by atoms with Gasteiger partial charge in [-0.15, -0.1) is 0 Å². The highest BCUT2D eigenvalue weighted by Gasteiger charge is 2.04. The lowest BCUT2D eigenvalue weighted by Crippen LogP contribution is -2.14. The molecule has 0 fully saturated rings. The minimum Gasteiger partial charge on any atom is -0.381 e. The number of hydrogen-bond acceptors (Lipinski definition) is 2. The monoisotopic (exact) mass is 178 g/mol. The molecule has 0 rings (SSSR count). The molecule has 0 radical (unpaired) electrons. The first-order chi connectivity index (χ1) is 5.92. The molecular formula is C11H14O2. The molecule has 0 aliphatic rings. The van der Waals surface area contributed by atoms with Gasteiger partial charge < -0.3 is 10.2 Å². The molecule has 0 heterocycles. The quantitative estimate of drug-likeness (QED) is 0.536. The molecule has 0 aromatic carbocycles. The van der Waals surface area contributed by atoms with Gasteiger partial charge >= 0.3 is 0 Å². The summed E-state index contributed by atoms with van der Waals surface area (Å²) in [5.74, 6) is 10.4. The summed E-state index contributed by atoms with van der Waals surface area (Å²) in [6.45, 7) is 4.80. The Labute approximate surface area is 79.3 Å². The van der Waals surface area contributed by atoms with Crippen LogP contribution in [0.25, 0.3) is 0 Å². The number of hydrogen-bond donors (Lipinski definition) is 2. The van der Waals surface area contributed by atoms with Crippen molar-refractivity contribution >= 4 is 0 Å². The largest absolute Gasteiger partial charge is 0.381 e. The molecule has 70 valence electrons. The summed E-state index contributed by atoms with van der Waals surface area (Å²) in [5, 5.41) is 17.9. The average Bonchev–Trinajstić information content (AvgIpc) is 1.93. The maximum atomic E-state index is 9.18. The fraction of sp³-hybridized carbons (Fsp3) is 0.455. The van der Waals surface area contributed by atoms with Gasteiger partial charge in [-0.3, -0.25) is 0 Å². The third-order valence-electron chi connectivity index (χ3n) is 0.920. The molecule has 0 saturated heterocycles. The van der Waals surface area contributed by atoms with Gasteiger partial charge in [0.1, 0.15) is 11.7 Å². The van der Waals surface area contributed by atoms with Crippen LogP contribution in [-0.2, 0) is 0 Å². The molecule has 0 spiro atoms. The average molecular weight is 178 g/mol. The lowest BCUT2D eigenvalue weighted by Gasteiger charge is -2.04. The van der Waals surface area contributed by atoms with E-state index in [2.05, 4.69) is 23.7 Å². The van der Waals surface area contributed by atoms with Crippen LogP contribution in [0.5, 0.6) is 0 Å². The lowest BCUT2D eigenvalue weighted by atomic mass is 10.1. The Kier molecular flexibility index (Phi) is 4.92. The maximum absolute atomic E-state index is 9.18. The van der Waals surface area contributed by atoms with Crippen molar-refractivity contribution < 1.29 is 10.2 Å². The predicted octanol–water partition coefficient (Wildman–Crippen LogP) is 0.701. The highest BCUT2D eigenvalue weighted by Crippen LogP contribution is 1.95. The Morgan fingerprint density at radius 2 is 1.77 bits per heavy atom. The summed E-state index contributed by atoms with van der Waals surface area (Å²) in [5.41, 5.74) is -0.970. The van der Waals surface area contributed by atoms with E-state index in [1.54, 1.807) is 20.8 Å². The fourth-order valence-corrected chi connectivity index (χ4v) is 0.470. The van der Waals surface area contributed by atoms with Crippen LogP contribution < -0.4 is 0 Å². The zero-order chi connectivity index (χ0) is 10.3. The maximum Gasteiger partial charge on any atom is 0.120 e. The number of allylic oxidation sites excluding steroid dienone is 2. The van der Waals surface area contributed by atoms with Crippen molar-refractivity contribution in [2.75, 3.05) is 0 Å². The van der Waals surface area contributed by atoms with E-state index in [1.807, 2.05) is 0 Å². The van der Waals surface area contributed by atoms with Crippen LogP contribution in [0.4, 0.5) is 0 Å². The normalized spacial score (nSPS) is 12.7. The first kappa shape index (κ1) is 11.8. The third-order valence-corrected chi connectivity index (χ3v) is 0.920. The summed E-state index contributed by atoms with van der Waals surface area (Å²) in [4.78, 5) is 0. The Morgan fingerprint density at radius 3 is 2.23 bits per heavy atom. The molecule has 0 saturated carbocycles. The number of rotatable bonds is 0. The Balaban J connectivity index is 4.03. The molecule has 0 aliphatic carbocycles. The van der Waals surface area contributed by atoms with Crippen molar-refractivity contribution in [1.29, 1.82) is 0 Å². The predicted molar refractivity (Wildman–Crippen MR) is 52.7 cm³/mol. The third kappa shape index (κ3) is 10.8. The van der Waals surface area contributed by atoms with Crippen molar-refractivity contribution in [3.8, 4) is 23.7 Å². The highest BCUT2D eigenvalue weighted by molar-refractivity contribution is 5.27. The van der Waals surface area contributed by atoms with Crippen molar-refractivity contribution in [3.63, 3.8) is 0 Å². The van der Waals surface area contributed by atoms with Gasteiger partial charge in [-0.05, 0) is 32.9 Å². The van der Waals surface area contributed by atoms with Gasteiger partial charge in [-0.1, -0.05) is 23.7 Å². The minimum absolute atomic E-state index is 0.619. The van der Waals surface area contributed by atoms with Crippen LogP contribution in [0, 0.1) is 23.7 Å². The molecule has 2 heteroatoms. The molecule has 0 aliphatic heterocycles. The van der Waals surface area contributed by atoms with E-state index in [9.17, 15) is 5.11 Å². The second kappa shape index (κ2) is 5.43. The van der Waals surface area contributed by atoms with Crippen molar-refractivity contribution in [2.24, 2.45) is 0 Å². The topological polar surface area (TPSA) is 40.5 Å². The molecule has 1 atom stereocenters. The summed E-state index contributed by atoms with van der Waals surface area (Å²) in [6, 6.07) is 0. The van der Waals surface area contributed by atoms with Crippen LogP contribution in [-0.4, -0.2) is 21.9 Å².